The molecular formula is C9H8AlO. The molecule has 0 N–H and O–H groups in total. The third kappa shape index (κ3) is 1.65. The van der Waals surface area contributed by atoms with Crippen molar-refractivity contribution in [2.24, 2.45) is 0 Å². The lowest BCUT2D eigenvalue weighted by molar-refractivity contribution is 0.464. The van der Waals surface area contributed by atoms with Gasteiger partial charge in [0.05, 0.1) is 6.26 Å². The van der Waals surface area contributed by atoms with Crippen molar-refractivity contribution < 1.29 is 4.74 Å². The van der Waals surface area contributed by atoms with Gasteiger partial charge in [0, 0.05) is 17.4 Å². The van der Waals surface area contributed by atoms with E-state index in [0.717, 1.165) is 12.2 Å². The quantitative estimate of drug-likeness (QED) is 0.524. The topological polar surface area (TPSA) is 9.23 Å². The van der Waals surface area contributed by atoms with Crippen molar-refractivity contribution in [2.45, 2.75) is 6.42 Å². The van der Waals surface area contributed by atoms with E-state index in [9.17, 15) is 0 Å². The van der Waals surface area contributed by atoms with Gasteiger partial charge in [0.25, 0.3) is 0 Å². The monoisotopic (exact) mass is 159 g/mol. The summed E-state index contributed by atoms with van der Waals surface area (Å²) in [5.41, 5.74) is 1.27. The van der Waals surface area contributed by atoms with Crippen LogP contribution in [-0.2, 0) is 6.42 Å². The van der Waals surface area contributed by atoms with Crippen molar-refractivity contribution in [1.29, 1.82) is 0 Å². The van der Waals surface area contributed by atoms with Crippen LogP contribution in [0.5, 0.6) is 5.75 Å². The third-order valence-electron chi connectivity index (χ3n) is 1.60. The van der Waals surface area contributed by atoms with Crippen molar-refractivity contribution in [3.63, 3.8) is 0 Å². The summed E-state index contributed by atoms with van der Waals surface area (Å²) in [5.74, 6) is 0.991. The molecular weight excluding hydrogens is 151 g/mol. The van der Waals surface area contributed by atoms with Gasteiger partial charge in [0.15, 0.2) is 0 Å². The summed E-state index contributed by atoms with van der Waals surface area (Å²) in [5, 5.41) is 0. The van der Waals surface area contributed by atoms with Gasteiger partial charge in [-0.25, -0.2) is 0 Å². The van der Waals surface area contributed by atoms with E-state index >= 15 is 0 Å². The van der Waals surface area contributed by atoms with Crippen LogP contribution in [-0.4, -0.2) is 17.4 Å². The van der Waals surface area contributed by atoms with Crippen LogP contribution in [0.3, 0.4) is 0 Å². The highest BCUT2D eigenvalue weighted by molar-refractivity contribution is 5.75. The van der Waals surface area contributed by atoms with Crippen LogP contribution in [0, 0.1) is 0 Å². The molecule has 0 atom stereocenters. The van der Waals surface area contributed by atoms with E-state index < -0.39 is 0 Å². The molecule has 2 heteroatoms. The number of rotatable bonds is 0. The number of hydrogen-bond acceptors (Lipinski definition) is 1. The molecule has 1 aromatic rings. The Kier molecular flexibility index (Phi) is 2.76. The lowest BCUT2D eigenvalue weighted by Gasteiger charge is -2.09. The Labute approximate surface area is 76.8 Å². The summed E-state index contributed by atoms with van der Waals surface area (Å²) in [6, 6.07) is 8.08. The molecule has 1 aromatic carbocycles. The predicted octanol–water partition coefficient (Wildman–Crippen LogP) is 1.75. The fourth-order valence-electron chi connectivity index (χ4n) is 1.08. The van der Waals surface area contributed by atoms with E-state index in [1.165, 1.54) is 5.56 Å². The molecule has 0 saturated carbocycles. The number of para-hydroxylation sites is 1. The summed E-state index contributed by atoms with van der Waals surface area (Å²) in [6.45, 7) is 0. The van der Waals surface area contributed by atoms with Crippen molar-refractivity contribution in [3.05, 3.63) is 42.2 Å². The smallest absolute Gasteiger partial charge is 0.130 e. The second-order valence-corrected chi connectivity index (χ2v) is 2.30. The van der Waals surface area contributed by atoms with E-state index in [4.69, 9.17) is 4.74 Å². The Morgan fingerprint density at radius 2 is 2.00 bits per heavy atom. The maximum Gasteiger partial charge on any atom is 0.130 e. The van der Waals surface area contributed by atoms with Crippen LogP contribution in [0.15, 0.2) is 36.6 Å². The lowest BCUT2D eigenvalue weighted by atomic mass is 10.1. The van der Waals surface area contributed by atoms with Crippen LogP contribution in [0.4, 0.5) is 0 Å². The Morgan fingerprint density at radius 1 is 1.18 bits per heavy atom. The molecule has 0 bridgehead atoms. The first-order chi connectivity index (χ1) is 4.97. The molecule has 1 nitrogen and oxygen atoms in total. The van der Waals surface area contributed by atoms with Crippen LogP contribution >= 0.6 is 0 Å². The highest BCUT2D eigenvalue weighted by Crippen LogP contribution is 2.21. The van der Waals surface area contributed by atoms with Crippen LogP contribution in [0.1, 0.15) is 5.56 Å². The van der Waals surface area contributed by atoms with Crippen LogP contribution in [0.2, 0.25) is 0 Å². The van der Waals surface area contributed by atoms with Crippen LogP contribution in [0.25, 0.3) is 0 Å². The Morgan fingerprint density at radius 3 is 2.82 bits per heavy atom. The largest absolute Gasteiger partial charge is 0.465 e. The molecule has 0 amide bonds. The second kappa shape index (κ2) is 3.62. The molecule has 1 aliphatic rings. The highest BCUT2D eigenvalue weighted by atomic mass is 27.0. The molecule has 1 aliphatic heterocycles. The van der Waals surface area contributed by atoms with Gasteiger partial charge in [0.1, 0.15) is 5.75 Å². The van der Waals surface area contributed by atoms with Gasteiger partial charge in [-0.2, -0.15) is 0 Å². The molecule has 0 aliphatic carbocycles. The first-order valence-electron chi connectivity index (χ1n) is 3.36. The SMILES string of the molecule is C1=COc2ccccc2C1.[Al]. The maximum absolute atomic E-state index is 5.24. The molecule has 2 rings (SSSR count). The van der Waals surface area contributed by atoms with Crippen molar-refractivity contribution in [1.82, 2.24) is 0 Å². The number of benzene rings is 1. The molecule has 1 heterocycles. The van der Waals surface area contributed by atoms with E-state index in [2.05, 4.69) is 6.07 Å². The summed E-state index contributed by atoms with van der Waals surface area (Å²) >= 11 is 0. The molecule has 0 unspecified atom stereocenters. The first kappa shape index (κ1) is 8.39. The minimum Gasteiger partial charge on any atom is -0.465 e. The molecule has 0 fully saturated rings. The zero-order valence-electron chi connectivity index (χ0n) is 6.16. The van der Waals surface area contributed by atoms with Crippen molar-refractivity contribution in [3.8, 4) is 5.75 Å². The summed E-state index contributed by atoms with van der Waals surface area (Å²) < 4.78 is 5.24. The van der Waals surface area contributed by atoms with E-state index in [1.807, 2.05) is 24.3 Å². The number of fused-ring (bicyclic) bond motifs is 1. The van der Waals surface area contributed by atoms with Gasteiger partial charge in [0.2, 0.25) is 0 Å². The standard InChI is InChI=1S/C9H8O.Al/c1-2-6-9-8(4-1)5-3-7-10-9;/h1-4,6-7H,5H2;. The fraction of sp³-hybridized carbons (Fsp3) is 0.111. The molecule has 11 heavy (non-hydrogen) atoms. The van der Waals surface area contributed by atoms with E-state index in [0.29, 0.717) is 0 Å². The van der Waals surface area contributed by atoms with Gasteiger partial charge in [-0.1, -0.05) is 18.2 Å². The molecule has 53 valence electrons. The zero-order chi connectivity index (χ0) is 6.81. The number of hydrogen-bond donors (Lipinski definition) is 0. The van der Waals surface area contributed by atoms with Gasteiger partial charge in [-0.05, 0) is 24.1 Å². The average molecular weight is 159 g/mol. The lowest BCUT2D eigenvalue weighted by Crippen LogP contribution is -1.94. The fourth-order valence-corrected chi connectivity index (χ4v) is 1.08. The molecule has 0 aromatic heterocycles. The molecule has 0 spiro atoms. The van der Waals surface area contributed by atoms with Crippen molar-refractivity contribution in [2.75, 3.05) is 0 Å². The normalized spacial score (nSPS) is 12.7. The van der Waals surface area contributed by atoms with Gasteiger partial charge in [-0.15, -0.1) is 0 Å². The van der Waals surface area contributed by atoms with Crippen molar-refractivity contribution >= 4 is 17.4 Å². The maximum atomic E-state index is 5.24. The summed E-state index contributed by atoms with van der Waals surface area (Å²) in [7, 11) is 0. The highest BCUT2D eigenvalue weighted by Gasteiger charge is 2.02. The molecule has 0 saturated heterocycles. The van der Waals surface area contributed by atoms with Gasteiger partial charge in [-0.3, -0.25) is 0 Å². The van der Waals surface area contributed by atoms with E-state index in [1.54, 1.807) is 6.26 Å². The third-order valence-corrected chi connectivity index (χ3v) is 1.60. The Bertz CT molecular complexity index is 241. The molecule has 3 radical (unpaired) electrons. The summed E-state index contributed by atoms with van der Waals surface area (Å²) in [6.07, 6.45) is 4.75. The Hall–Kier alpha value is -0.708. The summed E-state index contributed by atoms with van der Waals surface area (Å²) in [4.78, 5) is 0. The minimum atomic E-state index is 0. The zero-order valence-corrected chi connectivity index (χ0v) is 7.31. The average Bonchev–Trinajstić information content (AvgIpc) is 2.05. The first-order valence-corrected chi connectivity index (χ1v) is 3.36. The minimum absolute atomic E-state index is 0. The van der Waals surface area contributed by atoms with Gasteiger partial charge < -0.3 is 4.74 Å². The predicted molar refractivity (Wildman–Crippen MR) is 45.7 cm³/mol. The van der Waals surface area contributed by atoms with E-state index in [-0.39, 0.29) is 17.4 Å². The van der Waals surface area contributed by atoms with Gasteiger partial charge >= 0.3 is 0 Å². The number of allylic oxidation sites excluding steroid dienone is 1. The number of ether oxygens (including phenoxy) is 1. The Balaban J connectivity index is 0.000000605. The second-order valence-electron chi connectivity index (χ2n) is 2.30. The van der Waals surface area contributed by atoms with Crippen LogP contribution < -0.4 is 4.74 Å².